The van der Waals surface area contributed by atoms with Crippen LogP contribution in [0.15, 0.2) is 39.2 Å². The van der Waals surface area contributed by atoms with Crippen LogP contribution in [-0.4, -0.2) is 28.6 Å². The van der Waals surface area contributed by atoms with Gasteiger partial charge in [0.25, 0.3) is 5.89 Å². The van der Waals surface area contributed by atoms with E-state index in [1.807, 2.05) is 38.1 Å². The van der Waals surface area contributed by atoms with Gasteiger partial charge in [0.05, 0.1) is 11.5 Å². The van der Waals surface area contributed by atoms with Crippen molar-refractivity contribution >= 4 is 23.5 Å². The van der Waals surface area contributed by atoms with E-state index in [1.54, 1.807) is 17.9 Å². The van der Waals surface area contributed by atoms with Gasteiger partial charge in [0.2, 0.25) is 11.8 Å². The molecule has 1 saturated heterocycles. The van der Waals surface area contributed by atoms with Gasteiger partial charge in [-0.25, -0.2) is 0 Å². The maximum Gasteiger partial charge on any atom is 0.322 e. The molecule has 0 spiro atoms. The lowest BCUT2D eigenvalue weighted by Crippen LogP contribution is -2.28. The van der Waals surface area contributed by atoms with E-state index >= 15 is 0 Å². The summed E-state index contributed by atoms with van der Waals surface area (Å²) in [5, 5.41) is 10.4. The minimum atomic E-state index is -0.484. The Morgan fingerprint density at radius 3 is 2.57 bits per heavy atom. The van der Waals surface area contributed by atoms with Crippen LogP contribution in [0.5, 0.6) is 0 Å². The molecule has 1 fully saturated rings. The second kappa shape index (κ2) is 6.95. The number of carbonyl (C=O) groups is 2. The van der Waals surface area contributed by atoms with Crippen LogP contribution < -0.4 is 10.2 Å². The third kappa shape index (κ3) is 3.40. The maximum absolute atomic E-state index is 12.6. The number of aromatic nitrogens is 2. The number of hydrogen-bond acceptors (Lipinski definition) is 6. The van der Waals surface area contributed by atoms with E-state index in [1.165, 1.54) is 0 Å². The van der Waals surface area contributed by atoms with Crippen molar-refractivity contribution in [1.82, 2.24) is 10.2 Å². The van der Waals surface area contributed by atoms with E-state index in [9.17, 15) is 9.59 Å². The molecule has 0 aliphatic carbocycles. The summed E-state index contributed by atoms with van der Waals surface area (Å²) >= 11 is 0. The van der Waals surface area contributed by atoms with Crippen molar-refractivity contribution in [1.29, 1.82) is 0 Å². The van der Waals surface area contributed by atoms with E-state index < -0.39 is 5.92 Å². The molecular weight excluding hydrogens is 360 g/mol. The summed E-state index contributed by atoms with van der Waals surface area (Å²) in [5.41, 5.74) is 2.59. The molecule has 144 valence electrons. The molecule has 4 rings (SSSR count). The fourth-order valence-corrected chi connectivity index (χ4v) is 3.29. The Kier molecular flexibility index (Phi) is 4.46. The van der Waals surface area contributed by atoms with Crippen LogP contribution >= 0.6 is 0 Å². The minimum absolute atomic E-state index is 0.000474. The van der Waals surface area contributed by atoms with Gasteiger partial charge in [-0.3, -0.25) is 14.9 Å². The van der Waals surface area contributed by atoms with Crippen LogP contribution in [-0.2, 0) is 9.59 Å². The highest BCUT2D eigenvalue weighted by atomic mass is 16.4. The van der Waals surface area contributed by atoms with Gasteiger partial charge in [0, 0.05) is 18.7 Å². The highest BCUT2D eigenvalue weighted by Crippen LogP contribution is 2.28. The van der Waals surface area contributed by atoms with E-state index in [4.69, 9.17) is 8.83 Å². The monoisotopic (exact) mass is 380 g/mol. The first-order valence-electron chi connectivity index (χ1n) is 8.99. The standard InChI is InChI=1S/C20H20N4O4/c1-11-4-6-15(7-5-11)24-10-14(9-17(24)25)18(26)21-20-23-22-19(28-20)16-8-12(2)27-13(16)3/h4-8,14H,9-10H2,1-3H3,(H,21,23,26). The topological polar surface area (TPSA) is 101 Å². The van der Waals surface area contributed by atoms with Gasteiger partial charge in [0.1, 0.15) is 11.5 Å². The Morgan fingerprint density at radius 1 is 1.14 bits per heavy atom. The molecule has 1 aliphatic rings. The predicted molar refractivity (Wildman–Crippen MR) is 102 cm³/mol. The first kappa shape index (κ1) is 18.0. The molecule has 1 unspecified atom stereocenters. The number of nitrogens with one attached hydrogen (secondary N) is 1. The van der Waals surface area contributed by atoms with Crippen molar-refractivity contribution in [3.05, 3.63) is 47.4 Å². The number of benzene rings is 1. The summed E-state index contributed by atoms with van der Waals surface area (Å²) < 4.78 is 11.0. The molecule has 8 nitrogen and oxygen atoms in total. The minimum Gasteiger partial charge on any atom is -0.466 e. The van der Waals surface area contributed by atoms with Crippen LogP contribution in [0.1, 0.15) is 23.5 Å². The Morgan fingerprint density at radius 2 is 1.89 bits per heavy atom. The molecule has 0 radical (unpaired) electrons. The van der Waals surface area contributed by atoms with Gasteiger partial charge in [-0.1, -0.05) is 22.8 Å². The first-order chi connectivity index (χ1) is 13.4. The fourth-order valence-electron chi connectivity index (χ4n) is 3.29. The van der Waals surface area contributed by atoms with Crippen molar-refractivity contribution in [2.24, 2.45) is 5.92 Å². The molecule has 1 aromatic carbocycles. The van der Waals surface area contributed by atoms with Gasteiger partial charge >= 0.3 is 6.01 Å². The molecule has 3 aromatic rings. The summed E-state index contributed by atoms with van der Waals surface area (Å²) in [4.78, 5) is 26.5. The number of furan rings is 1. The van der Waals surface area contributed by atoms with Crippen LogP contribution in [0.4, 0.5) is 11.7 Å². The van der Waals surface area contributed by atoms with Gasteiger partial charge in [0.15, 0.2) is 0 Å². The van der Waals surface area contributed by atoms with Crippen molar-refractivity contribution in [2.75, 3.05) is 16.8 Å². The van der Waals surface area contributed by atoms with E-state index in [0.29, 0.717) is 17.9 Å². The molecule has 0 saturated carbocycles. The van der Waals surface area contributed by atoms with Gasteiger partial charge < -0.3 is 13.7 Å². The predicted octanol–water partition coefficient (Wildman–Crippen LogP) is 3.25. The van der Waals surface area contributed by atoms with Crippen molar-refractivity contribution in [3.63, 3.8) is 0 Å². The lowest BCUT2D eigenvalue weighted by Gasteiger charge is -2.16. The number of anilines is 2. The normalized spacial score (nSPS) is 16.6. The SMILES string of the molecule is Cc1ccc(N2CC(C(=O)Nc3nnc(-c4cc(C)oc4C)o3)CC2=O)cc1. The highest BCUT2D eigenvalue weighted by Gasteiger charge is 2.35. The molecule has 2 amide bonds. The summed E-state index contributed by atoms with van der Waals surface area (Å²) in [6.07, 6.45) is 0.140. The van der Waals surface area contributed by atoms with Crippen LogP contribution in [0.2, 0.25) is 0 Å². The van der Waals surface area contributed by atoms with Crippen molar-refractivity contribution in [2.45, 2.75) is 27.2 Å². The molecule has 1 aliphatic heterocycles. The lowest BCUT2D eigenvalue weighted by molar-refractivity contribution is -0.122. The van der Waals surface area contributed by atoms with E-state index in [-0.39, 0.29) is 30.1 Å². The number of aryl methyl sites for hydroxylation is 3. The zero-order valence-electron chi connectivity index (χ0n) is 15.9. The van der Waals surface area contributed by atoms with E-state index in [2.05, 4.69) is 15.5 Å². The summed E-state index contributed by atoms with van der Waals surface area (Å²) in [5.74, 6) is 0.777. The zero-order chi connectivity index (χ0) is 19.8. The summed E-state index contributed by atoms with van der Waals surface area (Å²) in [6.45, 7) is 5.92. The molecule has 3 heterocycles. The number of hydrogen-bond donors (Lipinski definition) is 1. The second-order valence-corrected chi connectivity index (χ2v) is 6.97. The molecule has 1 N–H and O–H groups in total. The quantitative estimate of drug-likeness (QED) is 0.745. The molecule has 8 heteroatoms. The van der Waals surface area contributed by atoms with Gasteiger partial charge in [-0.05, 0) is 39.0 Å². The average molecular weight is 380 g/mol. The van der Waals surface area contributed by atoms with Gasteiger partial charge in [-0.15, -0.1) is 5.10 Å². The van der Waals surface area contributed by atoms with Crippen LogP contribution in [0.3, 0.4) is 0 Å². The van der Waals surface area contributed by atoms with Crippen LogP contribution in [0.25, 0.3) is 11.5 Å². The summed E-state index contributed by atoms with van der Waals surface area (Å²) in [6, 6.07) is 9.44. The third-order valence-corrected chi connectivity index (χ3v) is 4.77. The summed E-state index contributed by atoms with van der Waals surface area (Å²) in [7, 11) is 0. The number of rotatable bonds is 4. The molecular formula is C20H20N4O4. The smallest absolute Gasteiger partial charge is 0.322 e. The fraction of sp³-hybridized carbons (Fsp3) is 0.300. The van der Waals surface area contributed by atoms with Crippen molar-refractivity contribution in [3.8, 4) is 11.5 Å². The van der Waals surface area contributed by atoms with Crippen molar-refractivity contribution < 1.29 is 18.4 Å². The Balaban J connectivity index is 1.44. The lowest BCUT2D eigenvalue weighted by atomic mass is 10.1. The van der Waals surface area contributed by atoms with Crippen LogP contribution in [0, 0.1) is 26.7 Å². The number of amides is 2. The molecule has 1 atom stereocenters. The molecule has 0 bridgehead atoms. The maximum atomic E-state index is 12.6. The second-order valence-electron chi connectivity index (χ2n) is 6.97. The van der Waals surface area contributed by atoms with Gasteiger partial charge in [-0.2, -0.15) is 0 Å². The largest absolute Gasteiger partial charge is 0.466 e. The molecule has 28 heavy (non-hydrogen) atoms. The third-order valence-electron chi connectivity index (χ3n) is 4.77. The Bertz CT molecular complexity index is 1030. The first-order valence-corrected chi connectivity index (χ1v) is 8.99. The Labute approximate surface area is 161 Å². The average Bonchev–Trinajstić information content (AvgIpc) is 3.35. The number of carbonyl (C=O) groups excluding carboxylic acids is 2. The number of nitrogens with zero attached hydrogens (tertiary/aromatic N) is 3. The highest BCUT2D eigenvalue weighted by molar-refractivity contribution is 6.03. The Hall–Kier alpha value is -3.42. The molecule has 2 aromatic heterocycles. The zero-order valence-corrected chi connectivity index (χ0v) is 15.9. The van der Waals surface area contributed by atoms with E-state index in [0.717, 1.165) is 17.0 Å².